The second-order valence-corrected chi connectivity index (χ2v) is 5.56. The third-order valence-corrected chi connectivity index (χ3v) is 4.40. The Labute approximate surface area is 127 Å². The molecule has 4 aromatic rings. The Morgan fingerprint density at radius 1 is 0.773 bits per heavy atom. The molecule has 2 nitrogen and oxygen atoms in total. The highest BCUT2D eigenvalue weighted by Gasteiger charge is 2.18. The number of benzene rings is 4. The monoisotopic (exact) mass is 286 g/mol. The number of hydrogen-bond acceptors (Lipinski definition) is 1. The first-order chi connectivity index (χ1) is 10.7. The molecule has 0 bridgehead atoms. The summed E-state index contributed by atoms with van der Waals surface area (Å²) in [6.07, 6.45) is 0. The molecule has 4 rings (SSSR count). The standard InChI is InChI=1S/C20H14O2/c1-12-14-7-4-5-9-17(14)19(20(21)22)18-15(12)11-10-13-6-2-3-8-16(13)18/h2-11H,1H3,(H,21,22). The van der Waals surface area contributed by atoms with Crippen molar-refractivity contribution in [3.05, 3.63) is 71.8 Å². The Bertz CT molecular complexity index is 1060. The second-order valence-electron chi connectivity index (χ2n) is 5.56. The number of rotatable bonds is 1. The van der Waals surface area contributed by atoms with Gasteiger partial charge in [-0.3, -0.25) is 0 Å². The van der Waals surface area contributed by atoms with Crippen LogP contribution in [0.1, 0.15) is 15.9 Å². The minimum Gasteiger partial charge on any atom is -0.478 e. The summed E-state index contributed by atoms with van der Waals surface area (Å²) in [5, 5.41) is 15.5. The summed E-state index contributed by atoms with van der Waals surface area (Å²) >= 11 is 0. The molecule has 1 N–H and O–H groups in total. The molecule has 0 aliphatic heterocycles. The van der Waals surface area contributed by atoms with Crippen molar-refractivity contribution in [1.82, 2.24) is 0 Å². The van der Waals surface area contributed by atoms with E-state index in [0.717, 1.165) is 37.9 Å². The summed E-state index contributed by atoms with van der Waals surface area (Å²) in [6.45, 7) is 2.06. The topological polar surface area (TPSA) is 37.3 Å². The van der Waals surface area contributed by atoms with Gasteiger partial charge < -0.3 is 5.11 Å². The predicted molar refractivity (Wildman–Crippen MR) is 90.7 cm³/mol. The number of fused-ring (bicyclic) bond motifs is 4. The zero-order valence-electron chi connectivity index (χ0n) is 12.1. The van der Waals surface area contributed by atoms with Gasteiger partial charge in [0.1, 0.15) is 0 Å². The Hall–Kier alpha value is -2.87. The fourth-order valence-corrected chi connectivity index (χ4v) is 3.38. The molecule has 0 heterocycles. The van der Waals surface area contributed by atoms with Gasteiger partial charge in [-0.2, -0.15) is 0 Å². The Morgan fingerprint density at radius 3 is 2.14 bits per heavy atom. The summed E-state index contributed by atoms with van der Waals surface area (Å²) < 4.78 is 0. The summed E-state index contributed by atoms with van der Waals surface area (Å²) in [5.41, 5.74) is 1.52. The largest absolute Gasteiger partial charge is 0.478 e. The normalized spacial score (nSPS) is 11.3. The second kappa shape index (κ2) is 4.57. The van der Waals surface area contributed by atoms with Gasteiger partial charge in [0.05, 0.1) is 5.56 Å². The molecule has 0 fully saturated rings. The smallest absolute Gasteiger partial charge is 0.336 e. The number of aryl methyl sites for hydroxylation is 1. The van der Waals surface area contributed by atoms with Crippen molar-refractivity contribution in [3.63, 3.8) is 0 Å². The van der Waals surface area contributed by atoms with Gasteiger partial charge in [0.2, 0.25) is 0 Å². The molecule has 22 heavy (non-hydrogen) atoms. The van der Waals surface area contributed by atoms with E-state index in [1.807, 2.05) is 54.6 Å². The number of carboxylic acid groups (broad SMARTS) is 1. The lowest BCUT2D eigenvalue weighted by Gasteiger charge is -2.14. The van der Waals surface area contributed by atoms with Gasteiger partial charge in [0, 0.05) is 5.39 Å². The molecule has 0 saturated heterocycles. The third kappa shape index (κ3) is 1.64. The molecule has 0 radical (unpaired) electrons. The molecular weight excluding hydrogens is 272 g/mol. The SMILES string of the molecule is Cc1c2ccccc2c(C(=O)O)c2c1ccc1ccccc12. The Morgan fingerprint density at radius 2 is 1.41 bits per heavy atom. The van der Waals surface area contributed by atoms with Gasteiger partial charge >= 0.3 is 5.97 Å². The van der Waals surface area contributed by atoms with Crippen LogP contribution in [0.4, 0.5) is 0 Å². The maximum Gasteiger partial charge on any atom is 0.336 e. The molecule has 0 aromatic heterocycles. The summed E-state index contributed by atoms with van der Waals surface area (Å²) in [4.78, 5) is 12.0. The summed E-state index contributed by atoms with van der Waals surface area (Å²) in [5.74, 6) is -0.877. The summed E-state index contributed by atoms with van der Waals surface area (Å²) in [6, 6.07) is 19.8. The molecule has 0 amide bonds. The van der Waals surface area contributed by atoms with Crippen LogP contribution in [0.25, 0.3) is 32.3 Å². The molecule has 0 aliphatic carbocycles. The van der Waals surface area contributed by atoms with Crippen LogP contribution in [0.2, 0.25) is 0 Å². The first kappa shape index (κ1) is 12.8. The van der Waals surface area contributed by atoms with E-state index in [-0.39, 0.29) is 0 Å². The average Bonchev–Trinajstić information content (AvgIpc) is 2.54. The highest BCUT2D eigenvalue weighted by Crippen LogP contribution is 2.36. The van der Waals surface area contributed by atoms with Crippen LogP contribution in [0.15, 0.2) is 60.7 Å². The number of carboxylic acids is 1. The molecule has 2 heteroatoms. The highest BCUT2D eigenvalue weighted by atomic mass is 16.4. The van der Waals surface area contributed by atoms with Crippen LogP contribution in [0.3, 0.4) is 0 Å². The van der Waals surface area contributed by atoms with Gasteiger partial charge in [-0.15, -0.1) is 0 Å². The van der Waals surface area contributed by atoms with Crippen molar-refractivity contribution >= 4 is 38.3 Å². The van der Waals surface area contributed by atoms with Crippen LogP contribution in [0.5, 0.6) is 0 Å². The maximum absolute atomic E-state index is 12.0. The van der Waals surface area contributed by atoms with Crippen molar-refractivity contribution in [1.29, 1.82) is 0 Å². The van der Waals surface area contributed by atoms with E-state index in [9.17, 15) is 9.90 Å². The maximum atomic E-state index is 12.0. The van der Waals surface area contributed by atoms with E-state index < -0.39 is 5.97 Å². The van der Waals surface area contributed by atoms with Crippen molar-refractivity contribution in [2.24, 2.45) is 0 Å². The predicted octanol–water partition coefficient (Wildman–Crippen LogP) is 5.15. The number of carbonyl (C=O) groups is 1. The first-order valence-corrected chi connectivity index (χ1v) is 7.24. The average molecular weight is 286 g/mol. The van der Waals surface area contributed by atoms with Gasteiger partial charge in [-0.05, 0) is 39.4 Å². The fourth-order valence-electron chi connectivity index (χ4n) is 3.38. The van der Waals surface area contributed by atoms with E-state index in [2.05, 4.69) is 13.0 Å². The van der Waals surface area contributed by atoms with Crippen molar-refractivity contribution < 1.29 is 9.90 Å². The molecule has 0 atom stereocenters. The van der Waals surface area contributed by atoms with E-state index >= 15 is 0 Å². The molecule has 0 unspecified atom stereocenters. The number of aromatic carboxylic acids is 1. The molecule has 0 spiro atoms. The lowest BCUT2D eigenvalue weighted by molar-refractivity contribution is 0.0701. The van der Waals surface area contributed by atoms with Crippen LogP contribution in [-0.2, 0) is 0 Å². The van der Waals surface area contributed by atoms with Crippen LogP contribution >= 0.6 is 0 Å². The van der Waals surface area contributed by atoms with Crippen LogP contribution < -0.4 is 0 Å². The third-order valence-electron chi connectivity index (χ3n) is 4.40. The van der Waals surface area contributed by atoms with E-state index in [4.69, 9.17) is 0 Å². The van der Waals surface area contributed by atoms with Gasteiger partial charge in [-0.1, -0.05) is 60.7 Å². The van der Waals surface area contributed by atoms with Crippen LogP contribution in [0, 0.1) is 6.92 Å². The molecule has 106 valence electrons. The lowest BCUT2D eigenvalue weighted by atomic mass is 9.89. The van der Waals surface area contributed by atoms with E-state index in [1.165, 1.54) is 0 Å². The van der Waals surface area contributed by atoms with Crippen molar-refractivity contribution in [3.8, 4) is 0 Å². The van der Waals surface area contributed by atoms with E-state index in [1.54, 1.807) is 0 Å². The van der Waals surface area contributed by atoms with Gasteiger partial charge in [0.25, 0.3) is 0 Å². The Kier molecular flexibility index (Phi) is 2.67. The minimum absolute atomic E-state index is 0.396. The van der Waals surface area contributed by atoms with Gasteiger partial charge in [0.15, 0.2) is 0 Å². The molecule has 0 saturated carbocycles. The molecule has 4 aromatic carbocycles. The van der Waals surface area contributed by atoms with Gasteiger partial charge in [-0.25, -0.2) is 4.79 Å². The first-order valence-electron chi connectivity index (χ1n) is 7.24. The molecule has 0 aliphatic rings. The highest BCUT2D eigenvalue weighted by molar-refractivity contribution is 6.24. The van der Waals surface area contributed by atoms with Crippen molar-refractivity contribution in [2.45, 2.75) is 6.92 Å². The van der Waals surface area contributed by atoms with Crippen LogP contribution in [-0.4, -0.2) is 11.1 Å². The minimum atomic E-state index is -0.877. The summed E-state index contributed by atoms with van der Waals surface area (Å²) in [7, 11) is 0. The lowest BCUT2D eigenvalue weighted by Crippen LogP contribution is -2.01. The Balaban J connectivity index is 2.41. The number of hydrogen-bond donors (Lipinski definition) is 1. The zero-order chi connectivity index (χ0) is 15.3. The van der Waals surface area contributed by atoms with Crippen molar-refractivity contribution in [2.75, 3.05) is 0 Å². The quantitative estimate of drug-likeness (QED) is 0.388. The zero-order valence-corrected chi connectivity index (χ0v) is 12.1. The fraction of sp³-hybridized carbons (Fsp3) is 0.0500. The van der Waals surface area contributed by atoms with E-state index in [0.29, 0.717) is 5.56 Å². The molecular formula is C20H14O2.